The van der Waals surface area contributed by atoms with E-state index in [9.17, 15) is 9.90 Å². The molecule has 17 heavy (non-hydrogen) atoms. The monoisotopic (exact) mass is 257 g/mol. The van der Waals surface area contributed by atoms with Crippen molar-refractivity contribution in [3.63, 3.8) is 0 Å². The van der Waals surface area contributed by atoms with Gasteiger partial charge in [-0.2, -0.15) is 0 Å². The zero-order valence-corrected chi connectivity index (χ0v) is 10.4. The van der Waals surface area contributed by atoms with Gasteiger partial charge in [-0.05, 0) is 31.5 Å². The van der Waals surface area contributed by atoms with Crippen LogP contribution in [0.25, 0.3) is 0 Å². The van der Waals surface area contributed by atoms with Crippen molar-refractivity contribution in [3.05, 3.63) is 28.8 Å². The summed E-state index contributed by atoms with van der Waals surface area (Å²) in [5.74, 6) is -0.224. The van der Waals surface area contributed by atoms with Crippen LogP contribution in [0, 0.1) is 0 Å². The Morgan fingerprint density at radius 2 is 2.18 bits per heavy atom. The molecule has 0 aliphatic carbocycles. The van der Waals surface area contributed by atoms with Crippen molar-refractivity contribution < 1.29 is 15.0 Å². The van der Waals surface area contributed by atoms with Crippen LogP contribution < -0.4 is 0 Å². The van der Waals surface area contributed by atoms with Gasteiger partial charge in [0.2, 0.25) is 0 Å². The number of aromatic hydroxyl groups is 1. The molecule has 0 spiro atoms. The number of aliphatic hydroxyl groups is 1. The van der Waals surface area contributed by atoms with E-state index < -0.39 is 0 Å². The molecule has 0 heterocycles. The minimum atomic E-state index is -0.234. The van der Waals surface area contributed by atoms with Crippen LogP contribution in [0.1, 0.15) is 23.7 Å². The number of carbonyl (C=O) groups excluding carboxylic acids is 1. The summed E-state index contributed by atoms with van der Waals surface area (Å²) < 4.78 is 0. The van der Waals surface area contributed by atoms with Crippen molar-refractivity contribution >= 4 is 17.5 Å². The van der Waals surface area contributed by atoms with Crippen LogP contribution >= 0.6 is 11.6 Å². The van der Waals surface area contributed by atoms with Gasteiger partial charge in [0.05, 0.1) is 10.6 Å². The fourth-order valence-corrected chi connectivity index (χ4v) is 1.71. The van der Waals surface area contributed by atoms with Gasteiger partial charge in [-0.1, -0.05) is 11.6 Å². The second-order valence-corrected chi connectivity index (χ2v) is 4.03. The molecule has 0 saturated heterocycles. The van der Waals surface area contributed by atoms with E-state index in [0.29, 0.717) is 24.5 Å². The highest BCUT2D eigenvalue weighted by atomic mass is 35.5. The molecule has 0 aromatic heterocycles. The largest absolute Gasteiger partial charge is 0.508 e. The Labute approximate surface area is 105 Å². The van der Waals surface area contributed by atoms with E-state index in [-0.39, 0.29) is 23.8 Å². The lowest BCUT2D eigenvalue weighted by Crippen LogP contribution is -2.32. The number of phenols is 1. The second-order valence-electron chi connectivity index (χ2n) is 3.63. The van der Waals surface area contributed by atoms with Crippen molar-refractivity contribution in [2.75, 3.05) is 19.7 Å². The van der Waals surface area contributed by atoms with Gasteiger partial charge in [-0.25, -0.2) is 0 Å². The molecule has 94 valence electrons. The predicted octanol–water partition coefficient (Wildman–Crippen LogP) is 1.89. The zero-order valence-electron chi connectivity index (χ0n) is 9.69. The second kappa shape index (κ2) is 6.47. The topological polar surface area (TPSA) is 60.8 Å². The average Bonchev–Trinajstić information content (AvgIpc) is 2.33. The third kappa shape index (κ3) is 3.61. The molecule has 1 aromatic rings. The smallest absolute Gasteiger partial charge is 0.255 e. The summed E-state index contributed by atoms with van der Waals surface area (Å²) in [6, 6.07) is 4.28. The van der Waals surface area contributed by atoms with Gasteiger partial charge < -0.3 is 15.1 Å². The van der Waals surface area contributed by atoms with Gasteiger partial charge in [0.1, 0.15) is 5.75 Å². The Morgan fingerprint density at radius 1 is 1.47 bits per heavy atom. The van der Waals surface area contributed by atoms with Gasteiger partial charge in [0, 0.05) is 19.7 Å². The highest BCUT2D eigenvalue weighted by Gasteiger charge is 2.17. The van der Waals surface area contributed by atoms with Crippen LogP contribution in [0.15, 0.2) is 18.2 Å². The SMILES string of the molecule is CCN(CCCO)C(=O)c1cc(O)ccc1Cl. The van der Waals surface area contributed by atoms with Crippen LogP contribution in [0.2, 0.25) is 5.02 Å². The molecule has 2 N–H and O–H groups in total. The van der Waals surface area contributed by atoms with Gasteiger partial charge in [0.25, 0.3) is 5.91 Å². The molecular formula is C12H16ClNO3. The number of hydrogen-bond acceptors (Lipinski definition) is 3. The first-order valence-corrected chi connectivity index (χ1v) is 5.86. The number of halogens is 1. The number of nitrogens with zero attached hydrogens (tertiary/aromatic N) is 1. The van der Waals surface area contributed by atoms with Gasteiger partial charge in [-0.15, -0.1) is 0 Å². The molecule has 1 aromatic carbocycles. The minimum absolute atomic E-state index is 0.0101. The molecule has 0 aliphatic heterocycles. The molecule has 4 nitrogen and oxygen atoms in total. The molecular weight excluding hydrogens is 242 g/mol. The molecule has 5 heteroatoms. The molecule has 0 unspecified atom stereocenters. The average molecular weight is 258 g/mol. The Morgan fingerprint density at radius 3 is 2.76 bits per heavy atom. The van der Waals surface area contributed by atoms with E-state index >= 15 is 0 Å². The number of amides is 1. The summed E-state index contributed by atoms with van der Waals surface area (Å²) in [6.07, 6.45) is 0.524. The van der Waals surface area contributed by atoms with Crippen molar-refractivity contribution in [3.8, 4) is 5.75 Å². The first-order chi connectivity index (χ1) is 8.10. The summed E-state index contributed by atoms with van der Waals surface area (Å²) in [7, 11) is 0. The number of hydrogen-bond donors (Lipinski definition) is 2. The summed E-state index contributed by atoms with van der Waals surface area (Å²) >= 11 is 5.92. The number of phenolic OH excluding ortho intramolecular Hbond substituents is 1. The van der Waals surface area contributed by atoms with E-state index in [0.717, 1.165) is 0 Å². The molecule has 0 atom stereocenters. The Balaban J connectivity index is 2.89. The first kappa shape index (κ1) is 13.8. The van der Waals surface area contributed by atoms with E-state index in [1.54, 1.807) is 4.90 Å². The Kier molecular flexibility index (Phi) is 5.25. The first-order valence-electron chi connectivity index (χ1n) is 5.48. The molecule has 0 radical (unpaired) electrons. The van der Waals surface area contributed by atoms with Crippen LogP contribution in [0.4, 0.5) is 0 Å². The molecule has 1 rings (SSSR count). The van der Waals surface area contributed by atoms with Crippen molar-refractivity contribution in [2.45, 2.75) is 13.3 Å². The Bertz CT molecular complexity index is 395. The maximum Gasteiger partial charge on any atom is 0.255 e. The van der Waals surface area contributed by atoms with Gasteiger partial charge in [0.15, 0.2) is 0 Å². The Hall–Kier alpha value is -1.26. The molecule has 0 saturated carbocycles. The van der Waals surface area contributed by atoms with Crippen LogP contribution in [0.3, 0.4) is 0 Å². The van der Waals surface area contributed by atoms with Crippen LogP contribution in [-0.4, -0.2) is 40.7 Å². The van der Waals surface area contributed by atoms with Gasteiger partial charge >= 0.3 is 0 Å². The minimum Gasteiger partial charge on any atom is -0.508 e. The number of rotatable bonds is 5. The number of aliphatic hydroxyl groups excluding tert-OH is 1. The summed E-state index contributed by atoms with van der Waals surface area (Å²) in [5, 5.41) is 18.4. The van der Waals surface area contributed by atoms with Crippen LogP contribution in [-0.2, 0) is 0 Å². The van der Waals surface area contributed by atoms with Crippen molar-refractivity contribution in [2.24, 2.45) is 0 Å². The predicted molar refractivity (Wildman–Crippen MR) is 66.4 cm³/mol. The molecule has 0 bridgehead atoms. The fourth-order valence-electron chi connectivity index (χ4n) is 1.51. The molecule has 0 aliphatic rings. The van der Waals surface area contributed by atoms with Crippen molar-refractivity contribution in [1.82, 2.24) is 4.90 Å². The zero-order chi connectivity index (χ0) is 12.8. The lowest BCUT2D eigenvalue weighted by molar-refractivity contribution is 0.0754. The third-order valence-electron chi connectivity index (χ3n) is 2.44. The summed E-state index contributed by atoms with van der Waals surface area (Å²) in [5.41, 5.74) is 0.284. The van der Waals surface area contributed by atoms with E-state index in [4.69, 9.17) is 16.7 Å². The maximum atomic E-state index is 12.1. The van der Waals surface area contributed by atoms with E-state index in [2.05, 4.69) is 0 Å². The third-order valence-corrected chi connectivity index (χ3v) is 2.77. The quantitative estimate of drug-likeness (QED) is 0.847. The lowest BCUT2D eigenvalue weighted by Gasteiger charge is -2.21. The van der Waals surface area contributed by atoms with E-state index in [1.807, 2.05) is 6.92 Å². The molecule has 1 amide bonds. The highest BCUT2D eigenvalue weighted by molar-refractivity contribution is 6.33. The maximum absolute atomic E-state index is 12.1. The fraction of sp³-hybridized carbons (Fsp3) is 0.417. The molecule has 0 fully saturated rings. The number of carbonyl (C=O) groups is 1. The van der Waals surface area contributed by atoms with Gasteiger partial charge in [-0.3, -0.25) is 4.79 Å². The highest BCUT2D eigenvalue weighted by Crippen LogP contribution is 2.22. The standard InChI is InChI=1S/C12H16ClNO3/c1-2-14(6-3-7-15)12(17)10-8-9(16)4-5-11(10)13/h4-5,8,15-16H,2-3,6-7H2,1H3. The summed E-state index contributed by atoms with van der Waals surface area (Å²) in [6.45, 7) is 2.90. The van der Waals surface area contributed by atoms with E-state index in [1.165, 1.54) is 18.2 Å². The number of benzene rings is 1. The normalized spacial score (nSPS) is 10.3. The van der Waals surface area contributed by atoms with Crippen molar-refractivity contribution in [1.29, 1.82) is 0 Å². The summed E-state index contributed by atoms with van der Waals surface area (Å²) in [4.78, 5) is 13.7. The lowest BCUT2D eigenvalue weighted by atomic mass is 10.2. The van der Waals surface area contributed by atoms with Crippen LogP contribution in [0.5, 0.6) is 5.75 Å².